The van der Waals surface area contributed by atoms with Crippen molar-refractivity contribution in [3.8, 4) is 5.69 Å². The number of fused-ring (bicyclic) bond motifs is 1. The molecule has 2 amide bonds. The molecule has 0 radical (unpaired) electrons. The lowest BCUT2D eigenvalue weighted by Gasteiger charge is -2.29. The first-order valence-corrected chi connectivity index (χ1v) is 9.24. The van der Waals surface area contributed by atoms with Gasteiger partial charge in [0.15, 0.2) is 5.69 Å². The van der Waals surface area contributed by atoms with E-state index in [4.69, 9.17) is 5.73 Å². The van der Waals surface area contributed by atoms with E-state index in [2.05, 4.69) is 11.2 Å². The van der Waals surface area contributed by atoms with Crippen LogP contribution < -0.4 is 10.6 Å². The Morgan fingerprint density at radius 2 is 1.71 bits per heavy atom. The van der Waals surface area contributed by atoms with Gasteiger partial charge in [0.1, 0.15) is 5.69 Å². The van der Waals surface area contributed by atoms with Crippen molar-refractivity contribution in [1.29, 1.82) is 0 Å². The fraction of sp³-hybridized carbons (Fsp3) is 0.227. The summed E-state index contributed by atoms with van der Waals surface area (Å²) in [5.74, 6) is -0.788. The molecule has 6 heteroatoms. The van der Waals surface area contributed by atoms with Crippen LogP contribution in [0.1, 0.15) is 43.2 Å². The predicted molar refractivity (Wildman–Crippen MR) is 108 cm³/mol. The number of rotatable bonds is 3. The number of anilines is 1. The summed E-state index contributed by atoms with van der Waals surface area (Å²) in [6.07, 6.45) is 0.526. The Balaban J connectivity index is 1.87. The van der Waals surface area contributed by atoms with Gasteiger partial charge >= 0.3 is 0 Å². The van der Waals surface area contributed by atoms with E-state index in [1.165, 1.54) is 0 Å². The Morgan fingerprint density at radius 1 is 1.04 bits per heavy atom. The normalized spacial score (nSPS) is 13.5. The predicted octanol–water partition coefficient (Wildman–Crippen LogP) is 3.10. The molecule has 0 saturated heterocycles. The standard InChI is InChI=1S/C22H22N4O2/c1-13-4-7-16(8-5-13)26-20-17(19(24-26)21(23)27)10-11-25(22(20)28)18-9-6-14(2)12-15(18)3/h4-9,12H,10-11H2,1-3H3,(H2,23,27). The average Bonchev–Trinajstić information content (AvgIpc) is 3.04. The number of hydrogen-bond donors (Lipinski definition) is 1. The molecule has 28 heavy (non-hydrogen) atoms. The minimum absolute atomic E-state index is 0.171. The summed E-state index contributed by atoms with van der Waals surface area (Å²) in [6.45, 7) is 6.50. The van der Waals surface area contributed by atoms with Crippen molar-refractivity contribution >= 4 is 17.5 Å². The second-order valence-electron chi connectivity index (χ2n) is 7.28. The number of amides is 2. The molecule has 1 aliphatic heterocycles. The van der Waals surface area contributed by atoms with Gasteiger partial charge in [-0.2, -0.15) is 5.10 Å². The molecule has 1 aliphatic rings. The third-order valence-electron chi connectivity index (χ3n) is 5.17. The van der Waals surface area contributed by atoms with Crippen molar-refractivity contribution in [2.45, 2.75) is 27.2 Å². The van der Waals surface area contributed by atoms with Crippen molar-refractivity contribution < 1.29 is 9.59 Å². The largest absolute Gasteiger partial charge is 0.364 e. The highest BCUT2D eigenvalue weighted by molar-refractivity contribution is 6.09. The van der Waals surface area contributed by atoms with Crippen LogP contribution in [0.4, 0.5) is 5.69 Å². The Kier molecular flexibility index (Phi) is 4.26. The average molecular weight is 374 g/mol. The van der Waals surface area contributed by atoms with Gasteiger partial charge in [-0.15, -0.1) is 0 Å². The van der Waals surface area contributed by atoms with Gasteiger partial charge in [-0.3, -0.25) is 9.59 Å². The highest BCUT2D eigenvalue weighted by Gasteiger charge is 2.34. The molecule has 2 aromatic carbocycles. The van der Waals surface area contributed by atoms with E-state index in [9.17, 15) is 9.59 Å². The van der Waals surface area contributed by atoms with Crippen LogP contribution in [0, 0.1) is 20.8 Å². The monoisotopic (exact) mass is 374 g/mol. The van der Waals surface area contributed by atoms with Crippen LogP contribution in [0.3, 0.4) is 0 Å². The van der Waals surface area contributed by atoms with Crippen LogP contribution >= 0.6 is 0 Å². The molecule has 142 valence electrons. The van der Waals surface area contributed by atoms with Crippen LogP contribution in [-0.2, 0) is 6.42 Å². The van der Waals surface area contributed by atoms with E-state index in [0.29, 0.717) is 24.2 Å². The van der Waals surface area contributed by atoms with Crippen LogP contribution in [0.25, 0.3) is 5.69 Å². The summed E-state index contributed by atoms with van der Waals surface area (Å²) in [4.78, 5) is 27.2. The lowest BCUT2D eigenvalue weighted by Crippen LogP contribution is -2.39. The molecule has 0 atom stereocenters. The molecule has 3 aromatic rings. The van der Waals surface area contributed by atoms with Gasteiger partial charge < -0.3 is 10.6 Å². The van der Waals surface area contributed by atoms with Crippen molar-refractivity contribution in [2.24, 2.45) is 5.73 Å². The molecule has 0 spiro atoms. The van der Waals surface area contributed by atoms with Crippen molar-refractivity contribution in [1.82, 2.24) is 9.78 Å². The summed E-state index contributed by atoms with van der Waals surface area (Å²) in [5.41, 5.74) is 11.6. The number of aromatic nitrogens is 2. The molecule has 0 bridgehead atoms. The molecule has 6 nitrogen and oxygen atoms in total. The summed E-state index contributed by atoms with van der Waals surface area (Å²) in [5, 5.41) is 4.40. The molecule has 0 unspecified atom stereocenters. The van der Waals surface area contributed by atoms with Gasteiger partial charge in [0.2, 0.25) is 0 Å². The highest BCUT2D eigenvalue weighted by Crippen LogP contribution is 2.30. The number of nitrogens with two attached hydrogens (primary N) is 1. The quantitative estimate of drug-likeness (QED) is 0.765. The summed E-state index contributed by atoms with van der Waals surface area (Å²) < 4.78 is 1.55. The smallest absolute Gasteiger partial charge is 0.277 e. The molecule has 2 N–H and O–H groups in total. The third-order valence-corrected chi connectivity index (χ3v) is 5.17. The van der Waals surface area contributed by atoms with Crippen LogP contribution in [0.2, 0.25) is 0 Å². The molecule has 1 aromatic heterocycles. The fourth-order valence-corrected chi connectivity index (χ4v) is 3.77. The molecule has 4 rings (SSSR count). The zero-order valence-corrected chi connectivity index (χ0v) is 16.2. The summed E-state index contributed by atoms with van der Waals surface area (Å²) >= 11 is 0. The lowest BCUT2D eigenvalue weighted by atomic mass is 10.0. The Bertz CT molecular complexity index is 1100. The summed E-state index contributed by atoms with van der Waals surface area (Å²) in [7, 11) is 0. The van der Waals surface area contributed by atoms with Crippen molar-refractivity contribution in [3.05, 3.63) is 76.1 Å². The Hall–Kier alpha value is -3.41. The zero-order chi connectivity index (χ0) is 20.0. The Morgan fingerprint density at radius 3 is 2.36 bits per heavy atom. The third kappa shape index (κ3) is 2.87. The number of primary amides is 1. The number of benzene rings is 2. The SMILES string of the molecule is Cc1ccc(-n2nc(C(N)=O)c3c2C(=O)N(c2ccc(C)cc2C)CC3)cc1. The first kappa shape index (κ1) is 18.0. The number of aryl methyl sites for hydroxylation is 3. The number of nitrogens with zero attached hydrogens (tertiary/aromatic N) is 3. The second kappa shape index (κ2) is 6.64. The first-order valence-electron chi connectivity index (χ1n) is 9.24. The molecule has 0 fully saturated rings. The van der Waals surface area contributed by atoms with E-state index in [1.807, 2.05) is 57.2 Å². The maximum absolute atomic E-state index is 13.5. The lowest BCUT2D eigenvalue weighted by molar-refractivity contribution is 0.0972. The maximum atomic E-state index is 13.5. The van der Waals surface area contributed by atoms with Crippen LogP contribution in [0.15, 0.2) is 42.5 Å². The first-order chi connectivity index (χ1) is 13.4. The van der Waals surface area contributed by atoms with Crippen molar-refractivity contribution in [3.63, 3.8) is 0 Å². The van der Waals surface area contributed by atoms with E-state index < -0.39 is 5.91 Å². The van der Waals surface area contributed by atoms with Crippen LogP contribution in [-0.4, -0.2) is 28.1 Å². The Labute approximate surface area is 163 Å². The minimum atomic E-state index is -0.616. The van der Waals surface area contributed by atoms with Gasteiger partial charge in [0, 0.05) is 17.8 Å². The number of carbonyl (C=O) groups is 2. The van der Waals surface area contributed by atoms with E-state index in [0.717, 1.165) is 28.1 Å². The van der Waals surface area contributed by atoms with Gasteiger partial charge in [-0.1, -0.05) is 35.4 Å². The molecular weight excluding hydrogens is 352 g/mol. The van der Waals surface area contributed by atoms with Crippen LogP contribution in [0.5, 0.6) is 0 Å². The van der Waals surface area contributed by atoms with Gasteiger partial charge in [0.25, 0.3) is 11.8 Å². The minimum Gasteiger partial charge on any atom is -0.364 e. The van der Waals surface area contributed by atoms with E-state index >= 15 is 0 Å². The van der Waals surface area contributed by atoms with E-state index in [1.54, 1.807) is 9.58 Å². The van der Waals surface area contributed by atoms with Gasteiger partial charge in [0.05, 0.1) is 5.69 Å². The molecular formula is C22H22N4O2. The highest BCUT2D eigenvalue weighted by atomic mass is 16.2. The molecule has 0 aliphatic carbocycles. The fourth-order valence-electron chi connectivity index (χ4n) is 3.77. The summed E-state index contributed by atoms with van der Waals surface area (Å²) in [6, 6.07) is 13.7. The topological polar surface area (TPSA) is 81.2 Å². The maximum Gasteiger partial charge on any atom is 0.277 e. The van der Waals surface area contributed by atoms with Gasteiger partial charge in [-0.25, -0.2) is 4.68 Å². The second-order valence-corrected chi connectivity index (χ2v) is 7.28. The molecule has 0 saturated carbocycles. The van der Waals surface area contributed by atoms with E-state index in [-0.39, 0.29) is 11.6 Å². The zero-order valence-electron chi connectivity index (χ0n) is 16.2. The number of hydrogen-bond acceptors (Lipinski definition) is 3. The number of carbonyl (C=O) groups excluding carboxylic acids is 2. The molecule has 2 heterocycles. The van der Waals surface area contributed by atoms with Crippen molar-refractivity contribution in [2.75, 3.05) is 11.4 Å². The van der Waals surface area contributed by atoms with Gasteiger partial charge in [-0.05, 0) is 51.0 Å².